The number of esters is 1. The van der Waals surface area contributed by atoms with Crippen molar-refractivity contribution in [1.29, 1.82) is 0 Å². The van der Waals surface area contributed by atoms with E-state index in [9.17, 15) is 9.59 Å². The molecule has 9 heteroatoms. The van der Waals surface area contributed by atoms with Crippen LogP contribution in [0.3, 0.4) is 0 Å². The standard InChI is InChI=1S/C28H39N5O4/c1-18(2)36-26(34)23-16-22-15-21(24-9-10-29-30(24)8)17-33(22)25(19(23)3)20(4)31-11-13-32(14-12-31)27(35)37-28(5,6)7/h9-10,15-18,20H,11-14H2,1-8H3. The van der Waals surface area contributed by atoms with E-state index in [1.807, 2.05) is 65.4 Å². The Hall–Kier alpha value is -3.33. The molecule has 0 aromatic carbocycles. The van der Waals surface area contributed by atoms with Crippen molar-refractivity contribution in [2.45, 2.75) is 66.2 Å². The third-order valence-corrected chi connectivity index (χ3v) is 6.78. The molecule has 0 aliphatic carbocycles. The van der Waals surface area contributed by atoms with Crippen molar-refractivity contribution in [2.24, 2.45) is 7.05 Å². The number of piperazine rings is 1. The van der Waals surface area contributed by atoms with Gasteiger partial charge in [-0.05, 0) is 72.2 Å². The summed E-state index contributed by atoms with van der Waals surface area (Å²) < 4.78 is 15.2. The topological polar surface area (TPSA) is 81.3 Å². The molecule has 1 saturated heterocycles. The number of hydrogen-bond donors (Lipinski definition) is 0. The summed E-state index contributed by atoms with van der Waals surface area (Å²) in [6, 6.07) is 5.98. The van der Waals surface area contributed by atoms with E-state index in [2.05, 4.69) is 33.6 Å². The molecule has 1 aliphatic heterocycles. The zero-order valence-electron chi connectivity index (χ0n) is 23.2. The molecule has 0 bridgehead atoms. The fraction of sp³-hybridized carbons (Fsp3) is 0.536. The van der Waals surface area contributed by atoms with E-state index in [4.69, 9.17) is 9.47 Å². The average molecular weight is 510 g/mol. The number of aromatic nitrogens is 3. The molecule has 0 radical (unpaired) electrons. The van der Waals surface area contributed by atoms with Crippen LogP contribution in [0.2, 0.25) is 0 Å². The summed E-state index contributed by atoms with van der Waals surface area (Å²) in [7, 11) is 1.92. The van der Waals surface area contributed by atoms with Gasteiger partial charge in [0.1, 0.15) is 5.60 Å². The lowest BCUT2D eigenvalue weighted by molar-refractivity contribution is 0.0107. The third kappa shape index (κ3) is 5.66. The van der Waals surface area contributed by atoms with E-state index in [1.165, 1.54) is 0 Å². The van der Waals surface area contributed by atoms with E-state index in [0.717, 1.165) is 28.0 Å². The number of hydrogen-bond acceptors (Lipinski definition) is 6. The normalized spacial score (nSPS) is 15.9. The van der Waals surface area contributed by atoms with Gasteiger partial charge in [-0.1, -0.05) is 0 Å². The molecule has 4 rings (SSSR count). The number of fused-ring (bicyclic) bond motifs is 1. The molecule has 1 fully saturated rings. The highest BCUT2D eigenvalue weighted by Gasteiger charge is 2.30. The van der Waals surface area contributed by atoms with Gasteiger partial charge in [0.25, 0.3) is 0 Å². The van der Waals surface area contributed by atoms with Crippen molar-refractivity contribution in [3.63, 3.8) is 0 Å². The lowest BCUT2D eigenvalue weighted by Crippen LogP contribution is -2.50. The number of carbonyl (C=O) groups excluding carboxylic acids is 2. The number of aryl methyl sites for hydroxylation is 1. The lowest BCUT2D eigenvalue weighted by atomic mass is 10.0. The van der Waals surface area contributed by atoms with Crippen molar-refractivity contribution in [3.05, 3.63) is 47.4 Å². The highest BCUT2D eigenvalue weighted by Crippen LogP contribution is 2.32. The van der Waals surface area contributed by atoms with Gasteiger partial charge in [-0.3, -0.25) is 9.58 Å². The van der Waals surface area contributed by atoms with Gasteiger partial charge in [0.15, 0.2) is 0 Å². The van der Waals surface area contributed by atoms with E-state index in [-0.39, 0.29) is 24.2 Å². The Labute approximate surface area is 218 Å². The zero-order chi connectivity index (χ0) is 27.1. The van der Waals surface area contributed by atoms with Crippen LogP contribution in [0.5, 0.6) is 0 Å². The molecule has 9 nitrogen and oxygen atoms in total. The van der Waals surface area contributed by atoms with Crippen LogP contribution in [0.15, 0.2) is 30.6 Å². The number of nitrogens with zero attached hydrogens (tertiary/aromatic N) is 5. The largest absolute Gasteiger partial charge is 0.459 e. The van der Waals surface area contributed by atoms with Crippen LogP contribution in [0.1, 0.15) is 69.2 Å². The first kappa shape index (κ1) is 26.7. The predicted octanol–water partition coefficient (Wildman–Crippen LogP) is 4.83. The van der Waals surface area contributed by atoms with Crippen LogP contribution in [-0.2, 0) is 16.5 Å². The van der Waals surface area contributed by atoms with Crippen LogP contribution >= 0.6 is 0 Å². The number of amides is 1. The number of rotatable bonds is 5. The number of carbonyl (C=O) groups is 2. The predicted molar refractivity (Wildman–Crippen MR) is 143 cm³/mol. The van der Waals surface area contributed by atoms with Gasteiger partial charge in [-0.2, -0.15) is 5.10 Å². The van der Waals surface area contributed by atoms with Gasteiger partial charge < -0.3 is 18.8 Å². The van der Waals surface area contributed by atoms with Gasteiger partial charge in [0, 0.05) is 68.4 Å². The highest BCUT2D eigenvalue weighted by molar-refractivity contribution is 5.93. The Balaban J connectivity index is 1.69. The van der Waals surface area contributed by atoms with E-state index >= 15 is 0 Å². The second-order valence-electron chi connectivity index (χ2n) is 11.1. The minimum Gasteiger partial charge on any atom is -0.459 e. The molecule has 3 aromatic rings. The quantitative estimate of drug-likeness (QED) is 0.459. The molecular formula is C28H39N5O4. The highest BCUT2D eigenvalue weighted by atomic mass is 16.6. The van der Waals surface area contributed by atoms with E-state index in [0.29, 0.717) is 31.7 Å². The van der Waals surface area contributed by atoms with E-state index < -0.39 is 5.60 Å². The van der Waals surface area contributed by atoms with Gasteiger partial charge in [0.2, 0.25) is 0 Å². The smallest absolute Gasteiger partial charge is 0.410 e. The molecule has 1 atom stereocenters. The molecule has 0 saturated carbocycles. The summed E-state index contributed by atoms with van der Waals surface area (Å²) in [6.07, 6.45) is 3.41. The first-order valence-electron chi connectivity index (χ1n) is 12.9. The Kier molecular flexibility index (Phi) is 7.37. The first-order chi connectivity index (χ1) is 17.4. The Bertz CT molecular complexity index is 1290. The zero-order valence-corrected chi connectivity index (χ0v) is 23.2. The Morgan fingerprint density at radius 3 is 2.30 bits per heavy atom. The minimum atomic E-state index is -0.519. The molecule has 0 N–H and O–H groups in total. The third-order valence-electron chi connectivity index (χ3n) is 6.78. The van der Waals surface area contributed by atoms with Crippen LogP contribution in [0.25, 0.3) is 16.8 Å². The molecule has 4 heterocycles. The maximum absolute atomic E-state index is 13.1. The van der Waals surface area contributed by atoms with Gasteiger partial charge in [0.05, 0.1) is 17.4 Å². The van der Waals surface area contributed by atoms with Crippen LogP contribution in [0, 0.1) is 6.92 Å². The molecule has 3 aromatic heterocycles. The summed E-state index contributed by atoms with van der Waals surface area (Å²) in [6.45, 7) is 16.1. The summed E-state index contributed by atoms with van der Waals surface area (Å²) in [4.78, 5) is 29.8. The molecular weight excluding hydrogens is 470 g/mol. The molecule has 1 aliphatic rings. The molecule has 1 amide bonds. The summed E-state index contributed by atoms with van der Waals surface area (Å²) >= 11 is 0. The molecule has 200 valence electrons. The minimum absolute atomic E-state index is 0.00173. The first-order valence-corrected chi connectivity index (χ1v) is 12.9. The maximum Gasteiger partial charge on any atom is 0.410 e. The summed E-state index contributed by atoms with van der Waals surface area (Å²) in [5.41, 5.74) is 4.93. The van der Waals surface area contributed by atoms with Gasteiger partial charge in [-0.15, -0.1) is 0 Å². The summed E-state index contributed by atoms with van der Waals surface area (Å²) in [5, 5.41) is 4.32. The van der Waals surface area contributed by atoms with Crippen molar-refractivity contribution < 1.29 is 19.1 Å². The van der Waals surface area contributed by atoms with Crippen LogP contribution in [-0.4, -0.2) is 73.9 Å². The molecule has 1 unspecified atom stereocenters. The van der Waals surface area contributed by atoms with Crippen molar-refractivity contribution in [2.75, 3.05) is 26.2 Å². The van der Waals surface area contributed by atoms with Crippen molar-refractivity contribution in [3.8, 4) is 11.3 Å². The average Bonchev–Trinajstić information content (AvgIpc) is 3.42. The van der Waals surface area contributed by atoms with Gasteiger partial charge >= 0.3 is 12.1 Å². The lowest BCUT2D eigenvalue weighted by Gasteiger charge is -2.39. The molecule has 37 heavy (non-hydrogen) atoms. The second kappa shape index (κ2) is 10.2. The van der Waals surface area contributed by atoms with Crippen molar-refractivity contribution >= 4 is 17.6 Å². The second-order valence-corrected chi connectivity index (χ2v) is 11.1. The molecule has 0 spiro atoms. The van der Waals surface area contributed by atoms with Crippen LogP contribution < -0.4 is 0 Å². The Morgan fingerprint density at radius 2 is 1.73 bits per heavy atom. The Morgan fingerprint density at radius 1 is 1.05 bits per heavy atom. The van der Waals surface area contributed by atoms with Gasteiger partial charge in [-0.25, -0.2) is 9.59 Å². The van der Waals surface area contributed by atoms with E-state index in [1.54, 1.807) is 11.1 Å². The maximum atomic E-state index is 13.1. The SMILES string of the molecule is Cc1c(C(=O)OC(C)C)cc2cc(-c3ccnn3C)cn2c1C(C)N1CCN(C(=O)OC(C)(C)C)CC1. The summed E-state index contributed by atoms with van der Waals surface area (Å²) in [5.74, 6) is -0.318. The number of pyridine rings is 1. The monoisotopic (exact) mass is 509 g/mol. The van der Waals surface area contributed by atoms with Crippen LogP contribution in [0.4, 0.5) is 4.79 Å². The van der Waals surface area contributed by atoms with Crippen molar-refractivity contribution in [1.82, 2.24) is 24.0 Å². The fourth-order valence-electron chi connectivity index (χ4n) is 4.97. The fourth-order valence-corrected chi connectivity index (χ4v) is 4.97. The number of ether oxygens (including phenoxy) is 2.